The van der Waals surface area contributed by atoms with E-state index < -0.39 is 18.9 Å². The number of hydrogen-bond acceptors (Lipinski definition) is 2. The zero-order chi connectivity index (χ0) is 22.0. The zero-order valence-electron chi connectivity index (χ0n) is 18.8. The van der Waals surface area contributed by atoms with Gasteiger partial charge in [0.2, 0.25) is 0 Å². The summed E-state index contributed by atoms with van der Waals surface area (Å²) < 4.78 is 7.16. The first-order valence-electron chi connectivity index (χ1n) is 11.5. The molecule has 3 heterocycles. The molecular formula is C26H32N2O2Sn. The normalized spacial score (nSPS) is 14.8. The molecule has 0 saturated carbocycles. The molecule has 5 heteroatoms. The van der Waals surface area contributed by atoms with Crippen molar-refractivity contribution in [3.8, 4) is 0 Å². The standard InChI is InChI=1S/C18H16N2O2.2C4H9.Sn/c1-12-2-4-13(5-3-12)18(16-8-6-14(10-21)19-16)17-9-7-15(11-22)20-17;2*1-3-4-2;/h2-11,18H,1H3,(H2,19,20,21,22);2*1,3-4H2,2H3;/q;;;+2/p-2. The number of rotatable bonds is 9. The van der Waals surface area contributed by atoms with Crippen molar-refractivity contribution < 1.29 is 9.59 Å². The third-order valence-electron chi connectivity index (χ3n) is 6.82. The van der Waals surface area contributed by atoms with E-state index in [-0.39, 0.29) is 5.92 Å². The molecule has 0 atom stereocenters. The number of aromatic nitrogens is 2. The Morgan fingerprint density at radius 1 is 0.774 bits per heavy atom. The molecule has 1 aliphatic rings. The number of benzene rings is 1. The van der Waals surface area contributed by atoms with Crippen LogP contribution >= 0.6 is 0 Å². The van der Waals surface area contributed by atoms with Gasteiger partial charge in [-0.1, -0.05) is 0 Å². The average molecular weight is 523 g/mol. The molecule has 0 unspecified atom stereocenters. The molecule has 0 fully saturated rings. The summed E-state index contributed by atoms with van der Waals surface area (Å²) in [7, 11) is 0. The van der Waals surface area contributed by atoms with Gasteiger partial charge in [-0.2, -0.15) is 0 Å². The van der Waals surface area contributed by atoms with Crippen molar-refractivity contribution in [3.63, 3.8) is 0 Å². The van der Waals surface area contributed by atoms with E-state index in [0.29, 0.717) is 0 Å². The number of carbonyl (C=O) groups is 2. The van der Waals surface area contributed by atoms with E-state index in [9.17, 15) is 9.59 Å². The van der Waals surface area contributed by atoms with E-state index in [1.165, 1.54) is 22.5 Å². The van der Waals surface area contributed by atoms with Crippen LogP contribution < -0.4 is 0 Å². The maximum absolute atomic E-state index is 12.2. The summed E-state index contributed by atoms with van der Waals surface area (Å²) in [6, 6.07) is 17.0. The molecule has 162 valence electrons. The van der Waals surface area contributed by atoms with Gasteiger partial charge in [0.05, 0.1) is 0 Å². The van der Waals surface area contributed by atoms with Gasteiger partial charge in [-0.05, 0) is 0 Å². The molecule has 1 aliphatic heterocycles. The molecule has 0 aliphatic carbocycles. The fourth-order valence-corrected chi connectivity index (χ4v) is 21.8. The number of aryl methyl sites for hydroxylation is 1. The summed E-state index contributed by atoms with van der Waals surface area (Å²) >= 11 is -3.42. The molecule has 4 nitrogen and oxygen atoms in total. The van der Waals surface area contributed by atoms with Crippen LogP contribution in [0.5, 0.6) is 0 Å². The van der Waals surface area contributed by atoms with Gasteiger partial charge in [0.1, 0.15) is 0 Å². The number of aldehydes is 2. The second-order valence-corrected chi connectivity index (χ2v) is 19.8. The van der Waals surface area contributed by atoms with Gasteiger partial charge in [0.25, 0.3) is 0 Å². The topological polar surface area (TPSA) is 44.0 Å². The van der Waals surface area contributed by atoms with E-state index in [0.717, 1.165) is 58.5 Å². The Morgan fingerprint density at radius 2 is 1.26 bits per heavy atom. The van der Waals surface area contributed by atoms with Crippen molar-refractivity contribution in [3.05, 3.63) is 82.4 Å². The van der Waals surface area contributed by atoms with Crippen LogP contribution in [0.4, 0.5) is 0 Å². The Labute approximate surface area is 189 Å². The zero-order valence-corrected chi connectivity index (χ0v) is 21.7. The number of nitrogens with zero attached hydrogens (tertiary/aromatic N) is 2. The van der Waals surface area contributed by atoms with E-state index in [1.807, 2.05) is 12.1 Å². The quantitative estimate of drug-likeness (QED) is 0.249. The third kappa shape index (κ3) is 3.63. The maximum atomic E-state index is 12.2. The van der Waals surface area contributed by atoms with Crippen LogP contribution in [0.3, 0.4) is 0 Å². The van der Waals surface area contributed by atoms with Crippen molar-refractivity contribution in [2.75, 3.05) is 0 Å². The minimum atomic E-state index is -3.42. The van der Waals surface area contributed by atoms with E-state index in [1.54, 1.807) is 0 Å². The van der Waals surface area contributed by atoms with Gasteiger partial charge in [-0.25, -0.2) is 0 Å². The molecule has 0 N–H and O–H groups in total. The third-order valence-corrected chi connectivity index (χ3v) is 21.1. The fraction of sp³-hybridized carbons (Fsp3) is 0.385. The first kappa shape index (κ1) is 22.1. The summed E-state index contributed by atoms with van der Waals surface area (Å²) in [4.78, 5) is 24.4. The van der Waals surface area contributed by atoms with E-state index in [2.05, 4.69) is 62.7 Å². The van der Waals surface area contributed by atoms with Crippen LogP contribution in [-0.2, 0) is 0 Å². The SMILES string of the molecule is CCC[CH2][Sn]1([CH2]CCC)[n]2c(C=O)ccc2C(c2ccc(C)cc2)c2ccc(C=O)[n]21. The van der Waals surface area contributed by atoms with Crippen LogP contribution in [-0.4, -0.2) is 37.1 Å². The monoisotopic (exact) mass is 524 g/mol. The van der Waals surface area contributed by atoms with Crippen molar-refractivity contribution in [1.29, 1.82) is 0 Å². The number of fused-ring (bicyclic) bond motifs is 2. The Morgan fingerprint density at radius 3 is 1.68 bits per heavy atom. The first-order valence-corrected chi connectivity index (χ1v) is 18.1. The second-order valence-electron chi connectivity index (χ2n) is 8.81. The van der Waals surface area contributed by atoms with Gasteiger partial charge < -0.3 is 0 Å². The molecule has 4 rings (SSSR count). The van der Waals surface area contributed by atoms with Crippen molar-refractivity contribution in [2.24, 2.45) is 0 Å². The van der Waals surface area contributed by atoms with Gasteiger partial charge in [0, 0.05) is 0 Å². The summed E-state index contributed by atoms with van der Waals surface area (Å²) in [6.45, 7) is 6.56. The Kier molecular flexibility index (Phi) is 6.56. The summed E-state index contributed by atoms with van der Waals surface area (Å²) in [6.07, 6.45) is 6.53. The average Bonchev–Trinajstić information content (AvgIpc) is 3.42. The van der Waals surface area contributed by atoms with Gasteiger partial charge >= 0.3 is 190 Å². The summed E-state index contributed by atoms with van der Waals surface area (Å²) in [5.74, 6) is 0.0380. The molecule has 2 aromatic heterocycles. The van der Waals surface area contributed by atoms with Crippen LogP contribution in [0.15, 0.2) is 48.5 Å². The second kappa shape index (κ2) is 9.19. The van der Waals surface area contributed by atoms with Crippen molar-refractivity contribution >= 4 is 31.5 Å². The minimum absolute atomic E-state index is 0.0380. The van der Waals surface area contributed by atoms with Crippen molar-refractivity contribution in [2.45, 2.75) is 61.2 Å². The molecule has 0 saturated heterocycles. The number of carbonyl (C=O) groups excluding carboxylic acids is 2. The Hall–Kier alpha value is -2.08. The summed E-state index contributed by atoms with van der Waals surface area (Å²) in [5, 5.41) is 0. The van der Waals surface area contributed by atoms with E-state index in [4.69, 9.17) is 0 Å². The molecular weight excluding hydrogens is 491 g/mol. The van der Waals surface area contributed by atoms with Crippen molar-refractivity contribution in [1.82, 2.24) is 5.58 Å². The van der Waals surface area contributed by atoms with E-state index >= 15 is 0 Å². The van der Waals surface area contributed by atoms with Crippen LogP contribution in [0.1, 0.15) is 88.9 Å². The molecule has 1 aromatic carbocycles. The van der Waals surface area contributed by atoms with Gasteiger partial charge in [0.15, 0.2) is 0 Å². The predicted molar refractivity (Wildman–Crippen MR) is 128 cm³/mol. The first-order chi connectivity index (χ1) is 15.1. The fourth-order valence-electron chi connectivity index (χ4n) is 5.38. The Bertz CT molecular complexity index is 1010. The molecule has 31 heavy (non-hydrogen) atoms. The molecule has 0 spiro atoms. The summed E-state index contributed by atoms with van der Waals surface area (Å²) in [5.41, 5.74) is 6.48. The van der Waals surface area contributed by atoms with Gasteiger partial charge in [-0.15, -0.1) is 0 Å². The van der Waals surface area contributed by atoms with Crippen LogP contribution in [0.25, 0.3) is 0 Å². The molecule has 0 radical (unpaired) electrons. The molecule has 0 bridgehead atoms. The van der Waals surface area contributed by atoms with Gasteiger partial charge in [-0.3, -0.25) is 0 Å². The molecule has 3 aromatic rings. The number of unbranched alkanes of at least 4 members (excludes halogenated alkanes) is 2. The Balaban J connectivity index is 2.04. The van der Waals surface area contributed by atoms with Crippen LogP contribution in [0, 0.1) is 6.92 Å². The van der Waals surface area contributed by atoms with Crippen LogP contribution in [0.2, 0.25) is 8.87 Å². The molecule has 0 amide bonds. The predicted octanol–water partition coefficient (Wildman–Crippen LogP) is 6.16. The number of hydrogen-bond donors (Lipinski definition) is 0.